The van der Waals surface area contributed by atoms with Crippen molar-refractivity contribution in [2.75, 3.05) is 5.32 Å². The van der Waals surface area contributed by atoms with E-state index in [-0.39, 0.29) is 22.1 Å². The smallest absolute Gasteiger partial charge is 0.456 e. The third kappa shape index (κ3) is 8.36. The van der Waals surface area contributed by atoms with Gasteiger partial charge in [0.2, 0.25) is 0 Å². The normalized spacial score (nSPS) is 10.4. The van der Waals surface area contributed by atoms with Crippen LogP contribution < -0.4 is 10.1 Å². The number of non-ortho nitro benzene ring substituents is 1. The molecule has 0 atom stereocenters. The van der Waals surface area contributed by atoms with Crippen molar-refractivity contribution in [2.45, 2.75) is 26.3 Å². The van der Waals surface area contributed by atoms with Crippen LogP contribution in [0.2, 0.25) is 5.02 Å². The molecule has 0 bridgehead atoms. The Morgan fingerprint density at radius 1 is 1.07 bits per heavy atom. The van der Waals surface area contributed by atoms with Crippen LogP contribution in [0.3, 0.4) is 0 Å². The van der Waals surface area contributed by atoms with Crippen LogP contribution in [0.1, 0.15) is 20.8 Å². The highest BCUT2D eigenvalue weighted by Crippen LogP contribution is 2.36. The fraction of sp³-hybridized carbons (Fsp3) is 0.250. The predicted octanol–water partition coefficient (Wildman–Crippen LogP) is 4.79. The summed E-state index contributed by atoms with van der Waals surface area (Å²) in [6.07, 6.45) is 0. The average molecular weight is 447 g/mol. The molecule has 0 saturated carbocycles. The van der Waals surface area contributed by atoms with Gasteiger partial charge in [0.15, 0.2) is 0 Å². The SMILES string of the molecule is CC(C)(C)Nc1cc(Oc2ccc([N+](=O)[O-])cc2Cl)ccc1[N+](=O)[O-].O=[P+](O)O. The van der Waals surface area contributed by atoms with E-state index in [0.29, 0.717) is 11.4 Å². The van der Waals surface area contributed by atoms with Crippen LogP contribution in [0.15, 0.2) is 36.4 Å². The van der Waals surface area contributed by atoms with Gasteiger partial charge in [-0.15, -0.1) is 9.79 Å². The maximum atomic E-state index is 11.2. The first-order valence-electron chi connectivity index (χ1n) is 7.83. The summed E-state index contributed by atoms with van der Waals surface area (Å²) < 4.78 is 14.3. The number of rotatable bonds is 5. The van der Waals surface area contributed by atoms with Crippen LogP contribution in [-0.4, -0.2) is 25.2 Å². The second-order valence-electron chi connectivity index (χ2n) is 6.54. The number of hydrogen-bond acceptors (Lipinski definition) is 7. The molecule has 0 radical (unpaired) electrons. The lowest BCUT2D eigenvalue weighted by atomic mass is 10.1. The topological polar surface area (TPSA) is 165 Å². The molecule has 0 amide bonds. The van der Waals surface area contributed by atoms with Gasteiger partial charge in [0, 0.05) is 34.4 Å². The quantitative estimate of drug-likeness (QED) is 0.332. The first-order chi connectivity index (χ1) is 13.3. The van der Waals surface area contributed by atoms with Crippen LogP contribution >= 0.6 is 19.9 Å². The number of hydrogen-bond donors (Lipinski definition) is 3. The summed E-state index contributed by atoms with van der Waals surface area (Å²) in [5.74, 6) is 0.524. The van der Waals surface area contributed by atoms with Gasteiger partial charge >= 0.3 is 8.25 Å². The van der Waals surface area contributed by atoms with E-state index in [0.717, 1.165) is 0 Å². The Balaban J connectivity index is 0.000000960. The Hall–Kier alpha value is -2.85. The van der Waals surface area contributed by atoms with Crippen LogP contribution in [0.25, 0.3) is 0 Å². The lowest BCUT2D eigenvalue weighted by Gasteiger charge is -2.22. The zero-order chi connectivity index (χ0) is 22.4. The minimum atomic E-state index is -2.87. The molecule has 0 aromatic heterocycles. The number of nitro benzene ring substituents is 2. The first-order valence-corrected chi connectivity index (χ1v) is 9.38. The number of halogens is 1. The van der Waals surface area contributed by atoms with Gasteiger partial charge < -0.3 is 10.1 Å². The number of ether oxygens (including phenoxy) is 1. The summed E-state index contributed by atoms with van der Waals surface area (Å²) in [4.78, 5) is 35.1. The highest BCUT2D eigenvalue weighted by Gasteiger charge is 2.20. The zero-order valence-electron chi connectivity index (χ0n) is 15.5. The number of nitrogens with one attached hydrogen (secondary N) is 1. The summed E-state index contributed by atoms with van der Waals surface area (Å²) in [7, 11) is -2.87. The lowest BCUT2D eigenvalue weighted by Crippen LogP contribution is -2.26. The van der Waals surface area contributed by atoms with Crippen molar-refractivity contribution in [1.29, 1.82) is 0 Å². The molecule has 29 heavy (non-hydrogen) atoms. The highest BCUT2D eigenvalue weighted by molar-refractivity contribution is 7.30. The lowest BCUT2D eigenvalue weighted by molar-refractivity contribution is -0.384. The Morgan fingerprint density at radius 3 is 2.10 bits per heavy atom. The molecular weight excluding hydrogens is 429 g/mol. The van der Waals surface area contributed by atoms with Gasteiger partial charge in [0.25, 0.3) is 11.4 Å². The largest absolute Gasteiger partial charge is 0.692 e. The molecule has 13 heteroatoms. The van der Waals surface area contributed by atoms with E-state index < -0.39 is 23.6 Å². The third-order valence-corrected chi connectivity index (χ3v) is 3.32. The highest BCUT2D eigenvalue weighted by atomic mass is 35.5. The van der Waals surface area contributed by atoms with E-state index in [1.807, 2.05) is 20.8 Å². The summed E-state index contributed by atoms with van der Waals surface area (Å²) in [5.41, 5.74) is -0.338. The van der Waals surface area contributed by atoms with E-state index in [1.165, 1.54) is 36.4 Å². The Bertz CT molecular complexity index is 929. The fourth-order valence-electron chi connectivity index (χ4n) is 2.06. The molecule has 11 nitrogen and oxygen atoms in total. The van der Waals surface area contributed by atoms with Crippen molar-refractivity contribution in [3.05, 3.63) is 61.6 Å². The molecule has 3 N–H and O–H groups in total. The first kappa shape index (κ1) is 24.2. The summed E-state index contributed by atoms with van der Waals surface area (Å²) >= 11 is 6.00. The van der Waals surface area contributed by atoms with E-state index in [9.17, 15) is 20.2 Å². The van der Waals surface area contributed by atoms with Gasteiger partial charge in [-0.3, -0.25) is 20.2 Å². The van der Waals surface area contributed by atoms with Crippen molar-refractivity contribution >= 4 is 36.9 Å². The fourth-order valence-corrected chi connectivity index (χ4v) is 2.27. The molecule has 0 aliphatic carbocycles. The van der Waals surface area contributed by atoms with E-state index in [1.54, 1.807) is 0 Å². The minimum Gasteiger partial charge on any atom is -0.456 e. The number of anilines is 1. The molecule has 2 rings (SSSR count). The molecule has 0 unspecified atom stereocenters. The van der Waals surface area contributed by atoms with Crippen molar-refractivity contribution < 1.29 is 28.9 Å². The molecule has 0 fully saturated rings. The number of benzene rings is 2. The molecule has 0 aliphatic heterocycles. The standard InChI is InChI=1S/C16H16ClN3O5.HO3P/c1-16(2,3)18-13-9-11(5-6-14(13)20(23)24)25-15-7-4-10(19(21)22)8-12(15)17;1-4(2)3/h4-9,18H,1-3H3;(H-,1,2,3)/p+1. The van der Waals surface area contributed by atoms with Gasteiger partial charge in [-0.1, -0.05) is 11.6 Å². The van der Waals surface area contributed by atoms with Crippen molar-refractivity contribution in [1.82, 2.24) is 0 Å². The molecule has 0 aliphatic rings. The van der Waals surface area contributed by atoms with Gasteiger partial charge in [-0.25, -0.2) is 0 Å². The van der Waals surface area contributed by atoms with Crippen LogP contribution in [0.4, 0.5) is 17.1 Å². The van der Waals surface area contributed by atoms with E-state index >= 15 is 0 Å². The third-order valence-electron chi connectivity index (χ3n) is 3.03. The monoisotopic (exact) mass is 446 g/mol. The van der Waals surface area contributed by atoms with Gasteiger partial charge in [0.05, 0.1) is 14.9 Å². The number of nitro groups is 2. The second-order valence-corrected chi connectivity index (χ2v) is 7.45. The zero-order valence-corrected chi connectivity index (χ0v) is 17.2. The van der Waals surface area contributed by atoms with Crippen LogP contribution in [0, 0.1) is 20.2 Å². The van der Waals surface area contributed by atoms with Crippen molar-refractivity contribution in [3.63, 3.8) is 0 Å². The molecule has 2 aromatic carbocycles. The minimum absolute atomic E-state index is 0.0675. The van der Waals surface area contributed by atoms with Crippen molar-refractivity contribution in [3.8, 4) is 11.5 Å². The molecule has 0 heterocycles. The summed E-state index contributed by atoms with van der Waals surface area (Å²) in [5, 5.41) is 25.0. The Labute approximate surface area is 171 Å². The second kappa shape index (κ2) is 10.1. The molecular formula is C16H18ClN3O8P+. The number of nitrogens with zero attached hydrogens (tertiary/aromatic N) is 2. The molecule has 0 spiro atoms. The van der Waals surface area contributed by atoms with Gasteiger partial charge in [-0.2, -0.15) is 0 Å². The molecule has 156 valence electrons. The van der Waals surface area contributed by atoms with Crippen LogP contribution in [0.5, 0.6) is 11.5 Å². The van der Waals surface area contributed by atoms with Gasteiger partial charge in [-0.05, 0) is 32.9 Å². The van der Waals surface area contributed by atoms with Gasteiger partial charge in [0.1, 0.15) is 17.2 Å². The maximum Gasteiger partial charge on any atom is 0.692 e. The Kier molecular flexibility index (Phi) is 8.41. The molecule has 0 saturated heterocycles. The maximum absolute atomic E-state index is 11.2. The van der Waals surface area contributed by atoms with Crippen LogP contribution in [-0.2, 0) is 4.57 Å². The average Bonchev–Trinajstić information content (AvgIpc) is 2.54. The summed E-state index contributed by atoms with van der Waals surface area (Å²) in [6, 6.07) is 8.06. The molecule has 2 aromatic rings. The van der Waals surface area contributed by atoms with E-state index in [4.69, 9.17) is 30.7 Å². The van der Waals surface area contributed by atoms with E-state index in [2.05, 4.69) is 5.32 Å². The van der Waals surface area contributed by atoms with Crippen molar-refractivity contribution in [2.24, 2.45) is 0 Å². The Morgan fingerprint density at radius 2 is 1.66 bits per heavy atom. The summed E-state index contributed by atoms with van der Waals surface area (Å²) in [6.45, 7) is 5.62. The predicted molar refractivity (Wildman–Crippen MR) is 107 cm³/mol.